The summed E-state index contributed by atoms with van der Waals surface area (Å²) in [5, 5.41) is 3.23. The first-order valence-corrected chi connectivity index (χ1v) is 10.4. The molecule has 1 aliphatic heterocycles. The fraction of sp³-hybridized carbons (Fsp3) is 0.417. The zero-order valence-corrected chi connectivity index (χ0v) is 17.1. The summed E-state index contributed by atoms with van der Waals surface area (Å²) >= 11 is 0. The molecule has 1 aliphatic carbocycles. The summed E-state index contributed by atoms with van der Waals surface area (Å²) in [6.45, 7) is 2.01. The second-order valence-corrected chi connectivity index (χ2v) is 8.14. The number of allylic oxidation sites excluding steroid dienone is 1. The first kappa shape index (κ1) is 19.5. The van der Waals surface area contributed by atoms with E-state index in [0.29, 0.717) is 26.1 Å². The number of methoxy groups -OCH3 is 1. The van der Waals surface area contributed by atoms with Crippen LogP contribution < -0.4 is 15.0 Å². The van der Waals surface area contributed by atoms with Crippen molar-refractivity contribution < 1.29 is 9.53 Å². The molecule has 2 heterocycles. The summed E-state index contributed by atoms with van der Waals surface area (Å²) in [4.78, 5) is 19.9. The van der Waals surface area contributed by atoms with Gasteiger partial charge < -0.3 is 15.0 Å². The number of hydrogen-bond donors (Lipinski definition) is 1. The number of nitrogens with one attached hydrogen (secondary N) is 1. The maximum atomic E-state index is 13.3. The van der Waals surface area contributed by atoms with Gasteiger partial charge >= 0.3 is 0 Å². The minimum atomic E-state index is -0.445. The maximum Gasteiger partial charge on any atom is 0.230 e. The Morgan fingerprint density at radius 1 is 1.21 bits per heavy atom. The van der Waals surface area contributed by atoms with Gasteiger partial charge in [-0.2, -0.15) is 0 Å². The predicted molar refractivity (Wildman–Crippen MR) is 115 cm³/mol. The number of pyridine rings is 1. The van der Waals surface area contributed by atoms with Gasteiger partial charge in [0.1, 0.15) is 11.6 Å². The maximum absolute atomic E-state index is 13.3. The van der Waals surface area contributed by atoms with E-state index in [1.807, 2.05) is 36.4 Å². The Balaban J connectivity index is 1.49. The molecule has 1 aromatic heterocycles. The third-order valence-corrected chi connectivity index (χ3v) is 5.98. The van der Waals surface area contributed by atoms with Crippen LogP contribution >= 0.6 is 0 Å². The van der Waals surface area contributed by atoms with Gasteiger partial charge in [0.15, 0.2) is 0 Å². The molecule has 5 nitrogen and oxygen atoms in total. The van der Waals surface area contributed by atoms with Crippen LogP contribution in [0.2, 0.25) is 0 Å². The van der Waals surface area contributed by atoms with Crippen molar-refractivity contribution >= 4 is 11.7 Å². The predicted octanol–water partition coefficient (Wildman–Crippen LogP) is 3.76. The summed E-state index contributed by atoms with van der Waals surface area (Å²) in [7, 11) is 1.67. The molecule has 1 saturated heterocycles. The highest BCUT2D eigenvalue weighted by Crippen LogP contribution is 2.37. The van der Waals surface area contributed by atoms with Gasteiger partial charge in [-0.25, -0.2) is 4.98 Å². The summed E-state index contributed by atoms with van der Waals surface area (Å²) in [6, 6.07) is 13.9. The van der Waals surface area contributed by atoms with Crippen LogP contribution in [0.25, 0.3) is 0 Å². The second-order valence-electron chi connectivity index (χ2n) is 8.14. The van der Waals surface area contributed by atoms with Crippen molar-refractivity contribution in [2.45, 2.75) is 32.1 Å². The monoisotopic (exact) mass is 391 g/mol. The molecule has 0 radical (unpaired) electrons. The number of nitrogens with zero attached hydrogens (tertiary/aromatic N) is 2. The molecule has 1 amide bonds. The Hall–Kier alpha value is -2.82. The molecule has 1 fully saturated rings. The third-order valence-electron chi connectivity index (χ3n) is 5.98. The fourth-order valence-corrected chi connectivity index (χ4v) is 4.34. The van der Waals surface area contributed by atoms with E-state index in [1.54, 1.807) is 13.3 Å². The highest BCUT2D eigenvalue weighted by atomic mass is 16.5. The van der Waals surface area contributed by atoms with Crippen LogP contribution in [-0.4, -0.2) is 37.6 Å². The average molecular weight is 392 g/mol. The van der Waals surface area contributed by atoms with E-state index in [1.165, 1.54) is 18.4 Å². The van der Waals surface area contributed by atoms with Crippen LogP contribution in [-0.2, 0) is 11.2 Å². The van der Waals surface area contributed by atoms with Crippen LogP contribution in [0.3, 0.4) is 0 Å². The van der Waals surface area contributed by atoms with Gasteiger partial charge in [-0.1, -0.05) is 29.8 Å². The number of carbonyl (C=O) groups is 1. The van der Waals surface area contributed by atoms with E-state index >= 15 is 0 Å². The molecular formula is C24H29N3O2. The van der Waals surface area contributed by atoms with E-state index in [2.05, 4.69) is 27.3 Å². The number of hydrogen-bond acceptors (Lipinski definition) is 4. The second kappa shape index (κ2) is 8.68. The highest BCUT2D eigenvalue weighted by molar-refractivity contribution is 5.86. The molecule has 0 saturated carbocycles. The molecule has 0 spiro atoms. The molecule has 2 aliphatic rings. The van der Waals surface area contributed by atoms with Crippen molar-refractivity contribution in [2.75, 3.05) is 31.6 Å². The number of benzene rings is 1. The van der Waals surface area contributed by atoms with Crippen molar-refractivity contribution in [1.82, 2.24) is 10.3 Å². The van der Waals surface area contributed by atoms with Crippen molar-refractivity contribution in [2.24, 2.45) is 5.41 Å². The standard InChI is InChI=1S/C24H29N3O2/c1-29-21-11-7-10-20(14-21)15-24(17-27(18-24)22-12-5-6-13-25-22)23(28)26-16-19-8-3-2-4-9-19/h5-8,10-14H,2-4,9,15-18H2,1H3,(H,26,28). The van der Waals surface area contributed by atoms with Crippen molar-refractivity contribution in [3.63, 3.8) is 0 Å². The SMILES string of the molecule is COc1cccc(CC2(C(=O)NCC3=CCCCC3)CN(c3ccccn3)C2)c1. The van der Waals surface area contributed by atoms with Crippen LogP contribution in [0.5, 0.6) is 5.75 Å². The van der Waals surface area contributed by atoms with Gasteiger partial charge in [-0.05, 0) is 61.9 Å². The Morgan fingerprint density at radius 2 is 2.10 bits per heavy atom. The minimum absolute atomic E-state index is 0.138. The average Bonchev–Trinajstić information content (AvgIpc) is 2.75. The summed E-state index contributed by atoms with van der Waals surface area (Å²) in [5.74, 6) is 1.89. The number of aromatic nitrogens is 1. The van der Waals surface area contributed by atoms with Gasteiger partial charge in [0.2, 0.25) is 5.91 Å². The van der Waals surface area contributed by atoms with Gasteiger partial charge in [0.05, 0.1) is 12.5 Å². The number of anilines is 1. The van der Waals surface area contributed by atoms with Crippen LogP contribution in [0.1, 0.15) is 31.2 Å². The minimum Gasteiger partial charge on any atom is -0.497 e. The molecule has 29 heavy (non-hydrogen) atoms. The normalized spacial score (nSPS) is 17.8. The lowest BCUT2D eigenvalue weighted by Crippen LogP contribution is -2.64. The lowest BCUT2D eigenvalue weighted by Gasteiger charge is -2.49. The van der Waals surface area contributed by atoms with E-state index in [9.17, 15) is 4.79 Å². The number of ether oxygens (including phenoxy) is 1. The lowest BCUT2D eigenvalue weighted by atomic mass is 9.73. The molecule has 0 unspecified atom stereocenters. The summed E-state index contributed by atoms with van der Waals surface area (Å²) < 4.78 is 5.37. The Morgan fingerprint density at radius 3 is 2.83 bits per heavy atom. The zero-order valence-electron chi connectivity index (χ0n) is 17.1. The Labute approximate surface area is 172 Å². The van der Waals surface area contributed by atoms with Crippen LogP contribution in [0, 0.1) is 5.41 Å². The first-order valence-electron chi connectivity index (χ1n) is 10.4. The molecule has 2 aromatic rings. The van der Waals surface area contributed by atoms with Gasteiger partial charge in [0.25, 0.3) is 0 Å². The van der Waals surface area contributed by atoms with E-state index in [0.717, 1.165) is 30.0 Å². The van der Waals surface area contributed by atoms with E-state index < -0.39 is 5.41 Å². The van der Waals surface area contributed by atoms with Gasteiger partial charge in [-0.15, -0.1) is 0 Å². The van der Waals surface area contributed by atoms with Crippen molar-refractivity contribution in [3.05, 3.63) is 65.9 Å². The molecule has 0 atom stereocenters. The van der Waals surface area contributed by atoms with Crippen molar-refractivity contribution in [1.29, 1.82) is 0 Å². The number of rotatable bonds is 7. The Bertz CT molecular complexity index is 873. The molecule has 1 N–H and O–H groups in total. The molecular weight excluding hydrogens is 362 g/mol. The van der Waals surface area contributed by atoms with E-state index in [4.69, 9.17) is 4.74 Å². The van der Waals surface area contributed by atoms with E-state index in [-0.39, 0.29) is 5.91 Å². The molecule has 152 valence electrons. The Kier molecular flexibility index (Phi) is 5.84. The lowest BCUT2D eigenvalue weighted by molar-refractivity contribution is -0.132. The van der Waals surface area contributed by atoms with Gasteiger partial charge in [-0.3, -0.25) is 4.79 Å². The number of amides is 1. The van der Waals surface area contributed by atoms with Crippen LogP contribution in [0.15, 0.2) is 60.3 Å². The molecule has 5 heteroatoms. The highest BCUT2D eigenvalue weighted by Gasteiger charge is 2.49. The molecule has 4 rings (SSSR count). The van der Waals surface area contributed by atoms with Gasteiger partial charge in [0, 0.05) is 25.8 Å². The smallest absolute Gasteiger partial charge is 0.230 e. The molecule has 0 bridgehead atoms. The largest absolute Gasteiger partial charge is 0.497 e. The molecule has 1 aromatic carbocycles. The zero-order chi connectivity index (χ0) is 20.1. The first-order chi connectivity index (χ1) is 14.2. The number of carbonyl (C=O) groups excluding carboxylic acids is 1. The fourth-order valence-electron chi connectivity index (χ4n) is 4.34. The summed E-state index contributed by atoms with van der Waals surface area (Å²) in [6.07, 6.45) is 9.50. The summed E-state index contributed by atoms with van der Waals surface area (Å²) in [5.41, 5.74) is 2.04. The topological polar surface area (TPSA) is 54.5 Å². The quantitative estimate of drug-likeness (QED) is 0.731. The van der Waals surface area contributed by atoms with Crippen LogP contribution in [0.4, 0.5) is 5.82 Å². The third kappa shape index (κ3) is 4.44. The van der Waals surface area contributed by atoms with Crippen molar-refractivity contribution in [3.8, 4) is 5.75 Å².